The number of thioether (sulfide) groups is 1. The lowest BCUT2D eigenvalue weighted by Crippen LogP contribution is -2.41. The van der Waals surface area contributed by atoms with E-state index in [9.17, 15) is 0 Å². The van der Waals surface area contributed by atoms with E-state index >= 15 is 0 Å². The zero-order valence-corrected chi connectivity index (χ0v) is 14.4. The van der Waals surface area contributed by atoms with Gasteiger partial charge in [-0.3, -0.25) is 4.99 Å². The average molecular weight is 321 g/mol. The highest BCUT2D eigenvalue weighted by molar-refractivity contribution is 7.98. The van der Waals surface area contributed by atoms with Crippen LogP contribution in [0.25, 0.3) is 0 Å². The third-order valence-electron chi connectivity index (χ3n) is 3.64. The average Bonchev–Trinajstić information content (AvgIpc) is 2.55. The fourth-order valence-corrected chi connectivity index (χ4v) is 3.02. The normalized spacial score (nSPS) is 17.5. The van der Waals surface area contributed by atoms with Crippen LogP contribution in [-0.2, 0) is 0 Å². The molecule has 0 spiro atoms. The van der Waals surface area contributed by atoms with Crippen molar-refractivity contribution in [2.45, 2.75) is 32.2 Å². The highest BCUT2D eigenvalue weighted by atomic mass is 32.2. The first-order valence-electron chi connectivity index (χ1n) is 8.10. The maximum Gasteiger partial charge on any atom is 0.191 e. The molecule has 0 aromatic heterocycles. The third-order valence-corrected chi connectivity index (χ3v) is 4.34. The quantitative estimate of drug-likeness (QED) is 0.460. The van der Waals surface area contributed by atoms with E-state index in [-0.39, 0.29) is 6.04 Å². The lowest BCUT2D eigenvalue weighted by Gasteiger charge is -2.28. The summed E-state index contributed by atoms with van der Waals surface area (Å²) in [6.45, 7) is 4.60. The number of guanidine groups is 1. The largest absolute Gasteiger partial charge is 0.493 e. The Hall–Kier alpha value is -1.36. The van der Waals surface area contributed by atoms with Crippen molar-refractivity contribution < 1.29 is 4.74 Å². The van der Waals surface area contributed by atoms with Gasteiger partial charge in [-0.15, -0.1) is 0 Å². The number of unbranched alkanes of at least 4 members (excludes halogenated alkanes) is 1. The van der Waals surface area contributed by atoms with Gasteiger partial charge in [-0.2, -0.15) is 11.8 Å². The zero-order chi connectivity index (χ0) is 15.6. The van der Waals surface area contributed by atoms with Crippen LogP contribution in [0.15, 0.2) is 29.3 Å². The van der Waals surface area contributed by atoms with Crippen molar-refractivity contribution >= 4 is 17.7 Å². The highest BCUT2D eigenvalue weighted by Gasteiger charge is 2.21. The van der Waals surface area contributed by atoms with Gasteiger partial charge in [0.15, 0.2) is 5.96 Å². The second kappa shape index (κ2) is 9.62. The molecule has 1 atom stereocenters. The van der Waals surface area contributed by atoms with Crippen molar-refractivity contribution in [3.8, 4) is 5.75 Å². The van der Waals surface area contributed by atoms with Crippen LogP contribution >= 0.6 is 11.8 Å². The van der Waals surface area contributed by atoms with Gasteiger partial charge in [0.05, 0.1) is 12.6 Å². The predicted molar refractivity (Wildman–Crippen MR) is 96.0 cm³/mol. The van der Waals surface area contributed by atoms with Gasteiger partial charge in [0.1, 0.15) is 5.75 Å². The molecule has 0 fully saturated rings. The first kappa shape index (κ1) is 17.0. The molecule has 0 saturated carbocycles. The van der Waals surface area contributed by atoms with Crippen LogP contribution in [0.2, 0.25) is 0 Å². The summed E-state index contributed by atoms with van der Waals surface area (Å²) in [4.78, 5) is 4.70. The Labute approximate surface area is 138 Å². The molecule has 122 valence electrons. The van der Waals surface area contributed by atoms with E-state index in [1.54, 1.807) is 0 Å². The number of aliphatic imine (C=N–C) groups is 1. The summed E-state index contributed by atoms with van der Waals surface area (Å²) in [6, 6.07) is 8.53. The topological polar surface area (TPSA) is 45.7 Å². The summed E-state index contributed by atoms with van der Waals surface area (Å²) >= 11 is 1.90. The van der Waals surface area contributed by atoms with Crippen molar-refractivity contribution in [2.24, 2.45) is 4.99 Å². The fraction of sp³-hybridized carbons (Fsp3) is 0.588. The smallest absolute Gasteiger partial charge is 0.191 e. The van der Waals surface area contributed by atoms with Crippen molar-refractivity contribution in [3.05, 3.63) is 29.8 Å². The summed E-state index contributed by atoms with van der Waals surface area (Å²) in [7, 11) is 0. The van der Waals surface area contributed by atoms with E-state index in [2.05, 4.69) is 35.9 Å². The molecule has 0 aliphatic carbocycles. The molecule has 1 heterocycles. The van der Waals surface area contributed by atoms with Crippen molar-refractivity contribution in [1.82, 2.24) is 10.6 Å². The third kappa shape index (κ3) is 5.13. The summed E-state index contributed by atoms with van der Waals surface area (Å²) in [5, 5.41) is 6.90. The molecule has 0 saturated heterocycles. The Bertz CT molecular complexity index is 479. The standard InChI is InChI=1S/C17H27N3OS/c1-3-18-17(19-11-6-7-13-22-2)20-15-10-12-21-16-9-5-4-8-14(15)16/h4-5,8-9,15H,3,6-7,10-13H2,1-2H3,(H2,18,19,20). The second-order valence-electron chi connectivity index (χ2n) is 5.33. The van der Waals surface area contributed by atoms with E-state index in [1.165, 1.54) is 17.7 Å². The van der Waals surface area contributed by atoms with Gasteiger partial charge in [-0.25, -0.2) is 0 Å². The minimum atomic E-state index is 0.272. The highest BCUT2D eigenvalue weighted by Crippen LogP contribution is 2.31. The Morgan fingerprint density at radius 1 is 1.36 bits per heavy atom. The second-order valence-corrected chi connectivity index (χ2v) is 6.32. The Balaban J connectivity index is 1.95. The molecule has 0 radical (unpaired) electrons. The molecule has 22 heavy (non-hydrogen) atoms. The van der Waals surface area contributed by atoms with Gasteiger partial charge in [-0.1, -0.05) is 18.2 Å². The molecular weight excluding hydrogens is 294 g/mol. The number of rotatable bonds is 7. The number of benzene rings is 1. The number of para-hydroxylation sites is 1. The molecular formula is C17H27N3OS. The van der Waals surface area contributed by atoms with Crippen LogP contribution in [0, 0.1) is 0 Å². The molecule has 2 N–H and O–H groups in total. The first-order valence-corrected chi connectivity index (χ1v) is 9.50. The molecule has 1 unspecified atom stereocenters. The van der Waals surface area contributed by atoms with Crippen LogP contribution in [-0.4, -0.2) is 37.7 Å². The molecule has 2 rings (SSSR count). The number of ether oxygens (including phenoxy) is 1. The maximum atomic E-state index is 5.72. The van der Waals surface area contributed by atoms with Crippen LogP contribution in [0.5, 0.6) is 5.75 Å². The van der Waals surface area contributed by atoms with E-state index in [1.807, 2.05) is 23.9 Å². The summed E-state index contributed by atoms with van der Waals surface area (Å²) in [5.41, 5.74) is 1.22. The van der Waals surface area contributed by atoms with E-state index in [4.69, 9.17) is 9.73 Å². The number of nitrogens with zero attached hydrogens (tertiary/aromatic N) is 1. The summed E-state index contributed by atoms with van der Waals surface area (Å²) < 4.78 is 5.72. The Kier molecular flexibility index (Phi) is 7.43. The van der Waals surface area contributed by atoms with Gasteiger partial charge in [-0.05, 0) is 37.8 Å². The first-order chi connectivity index (χ1) is 10.8. The van der Waals surface area contributed by atoms with E-state index in [0.717, 1.165) is 44.2 Å². The summed E-state index contributed by atoms with van der Waals surface area (Å²) in [6.07, 6.45) is 5.48. The molecule has 1 aromatic carbocycles. The molecule has 0 amide bonds. The maximum absolute atomic E-state index is 5.72. The lowest BCUT2D eigenvalue weighted by atomic mass is 10.0. The van der Waals surface area contributed by atoms with Gasteiger partial charge in [0.25, 0.3) is 0 Å². The predicted octanol–water partition coefficient (Wildman–Crippen LogP) is 3.21. The zero-order valence-electron chi connectivity index (χ0n) is 13.6. The van der Waals surface area contributed by atoms with Gasteiger partial charge < -0.3 is 15.4 Å². The van der Waals surface area contributed by atoms with Crippen molar-refractivity contribution in [1.29, 1.82) is 0 Å². The molecule has 1 aliphatic rings. The Morgan fingerprint density at radius 2 is 2.23 bits per heavy atom. The van der Waals surface area contributed by atoms with Crippen LogP contribution in [0.4, 0.5) is 0 Å². The molecule has 1 aliphatic heterocycles. The van der Waals surface area contributed by atoms with Crippen LogP contribution < -0.4 is 15.4 Å². The van der Waals surface area contributed by atoms with Gasteiger partial charge in [0, 0.05) is 25.1 Å². The SMILES string of the molecule is CCNC(=NCCCCSC)NC1CCOc2ccccc21. The molecule has 0 bridgehead atoms. The number of fused-ring (bicyclic) bond motifs is 1. The van der Waals surface area contributed by atoms with Gasteiger partial charge in [0.2, 0.25) is 0 Å². The number of hydrogen-bond donors (Lipinski definition) is 2. The van der Waals surface area contributed by atoms with Crippen LogP contribution in [0.3, 0.4) is 0 Å². The molecule has 1 aromatic rings. The van der Waals surface area contributed by atoms with E-state index < -0.39 is 0 Å². The van der Waals surface area contributed by atoms with Crippen LogP contribution in [0.1, 0.15) is 37.8 Å². The number of hydrogen-bond acceptors (Lipinski definition) is 3. The van der Waals surface area contributed by atoms with E-state index in [0.29, 0.717) is 0 Å². The monoisotopic (exact) mass is 321 g/mol. The minimum absolute atomic E-state index is 0.272. The van der Waals surface area contributed by atoms with Gasteiger partial charge >= 0.3 is 0 Å². The van der Waals surface area contributed by atoms with Crippen molar-refractivity contribution in [3.63, 3.8) is 0 Å². The number of nitrogens with one attached hydrogen (secondary N) is 2. The summed E-state index contributed by atoms with van der Waals surface area (Å²) in [5.74, 6) is 3.11. The molecule has 5 heteroatoms. The Morgan fingerprint density at radius 3 is 3.05 bits per heavy atom. The lowest BCUT2D eigenvalue weighted by molar-refractivity contribution is 0.261. The minimum Gasteiger partial charge on any atom is -0.493 e. The molecule has 4 nitrogen and oxygen atoms in total. The fourth-order valence-electron chi connectivity index (χ4n) is 2.53. The van der Waals surface area contributed by atoms with Crippen molar-refractivity contribution in [2.75, 3.05) is 31.7 Å².